The van der Waals surface area contributed by atoms with Crippen molar-refractivity contribution in [1.29, 1.82) is 0 Å². The van der Waals surface area contributed by atoms with E-state index in [4.69, 9.17) is 4.74 Å². The molecule has 178 valence electrons. The summed E-state index contributed by atoms with van der Waals surface area (Å²) in [5, 5.41) is 3.00. The number of halogens is 1. The second-order valence-electron chi connectivity index (χ2n) is 9.03. The fourth-order valence-electron chi connectivity index (χ4n) is 4.10. The van der Waals surface area contributed by atoms with Crippen LogP contribution in [0.4, 0.5) is 10.1 Å². The van der Waals surface area contributed by atoms with Gasteiger partial charge in [0.2, 0.25) is 5.91 Å². The predicted molar refractivity (Wildman–Crippen MR) is 129 cm³/mol. The minimum absolute atomic E-state index is 0.0985. The molecule has 1 amide bonds. The molecule has 4 rings (SSSR count). The Labute approximate surface area is 199 Å². The number of ether oxygens (including phenoxy) is 1. The molecule has 8 heteroatoms. The van der Waals surface area contributed by atoms with Crippen molar-refractivity contribution in [2.24, 2.45) is 0 Å². The van der Waals surface area contributed by atoms with E-state index in [1.807, 2.05) is 39.0 Å². The monoisotopic (exact) mass is 482 g/mol. The molecule has 1 atom stereocenters. The summed E-state index contributed by atoms with van der Waals surface area (Å²) < 4.78 is 47.4. The third-order valence-corrected chi connectivity index (χ3v) is 7.48. The van der Waals surface area contributed by atoms with Crippen molar-refractivity contribution in [3.63, 3.8) is 0 Å². The van der Waals surface area contributed by atoms with Crippen molar-refractivity contribution < 1.29 is 22.3 Å². The summed E-state index contributed by atoms with van der Waals surface area (Å²) in [6.45, 7) is 5.44. The van der Waals surface area contributed by atoms with Crippen LogP contribution in [0, 0.1) is 12.7 Å². The largest absolute Gasteiger partial charge is 0.487 e. The maximum atomic E-state index is 13.4. The lowest BCUT2D eigenvalue weighted by Gasteiger charge is -2.38. The molecule has 1 heterocycles. The highest BCUT2D eigenvalue weighted by molar-refractivity contribution is 7.92. The van der Waals surface area contributed by atoms with Crippen LogP contribution >= 0.6 is 0 Å². The van der Waals surface area contributed by atoms with Crippen molar-refractivity contribution in [1.82, 2.24) is 5.32 Å². The molecule has 3 aromatic rings. The molecule has 0 aromatic heterocycles. The SMILES string of the molecule is Cc1ccc2c(c1)OC(C)(C)CC2NC(=O)CN(c1ccccc1)S(=O)(=O)c1ccc(F)cc1. The molecule has 3 aromatic carbocycles. The number of carbonyl (C=O) groups excluding carboxylic acids is 1. The average molecular weight is 483 g/mol. The summed E-state index contributed by atoms with van der Waals surface area (Å²) in [5.41, 5.74) is 1.73. The van der Waals surface area contributed by atoms with E-state index in [9.17, 15) is 17.6 Å². The van der Waals surface area contributed by atoms with Crippen LogP contribution in [0.1, 0.15) is 37.4 Å². The van der Waals surface area contributed by atoms with Gasteiger partial charge in [-0.3, -0.25) is 9.10 Å². The van der Waals surface area contributed by atoms with E-state index in [1.54, 1.807) is 30.3 Å². The van der Waals surface area contributed by atoms with Crippen LogP contribution in [0.15, 0.2) is 77.7 Å². The summed E-state index contributed by atoms with van der Waals surface area (Å²) in [4.78, 5) is 13.1. The maximum Gasteiger partial charge on any atom is 0.264 e. The molecule has 0 spiro atoms. The zero-order valence-corrected chi connectivity index (χ0v) is 20.1. The number of para-hydroxylation sites is 1. The van der Waals surface area contributed by atoms with Crippen LogP contribution in [0.5, 0.6) is 5.75 Å². The van der Waals surface area contributed by atoms with Crippen molar-refractivity contribution >= 4 is 21.6 Å². The Balaban J connectivity index is 1.63. The number of aryl methyl sites for hydroxylation is 1. The third kappa shape index (κ3) is 5.07. The van der Waals surface area contributed by atoms with Gasteiger partial charge in [0.05, 0.1) is 16.6 Å². The molecular weight excluding hydrogens is 455 g/mol. The lowest BCUT2D eigenvalue weighted by molar-refractivity contribution is -0.120. The average Bonchev–Trinajstić information content (AvgIpc) is 2.77. The predicted octanol–water partition coefficient (Wildman–Crippen LogP) is 4.75. The molecule has 0 bridgehead atoms. The second-order valence-corrected chi connectivity index (χ2v) is 10.9. The standard InChI is InChI=1S/C26H27FN2O4S/c1-18-9-14-22-23(16-26(2,3)33-24(22)15-18)28-25(30)17-29(20-7-5-4-6-8-20)34(31,32)21-12-10-19(27)11-13-21/h4-15,23H,16-17H2,1-3H3,(H,28,30). The summed E-state index contributed by atoms with van der Waals surface area (Å²) in [7, 11) is -4.11. The van der Waals surface area contributed by atoms with Crippen LogP contribution in [-0.2, 0) is 14.8 Å². The van der Waals surface area contributed by atoms with Crippen molar-refractivity contribution in [2.75, 3.05) is 10.8 Å². The molecular formula is C26H27FN2O4S. The van der Waals surface area contributed by atoms with E-state index in [1.165, 1.54) is 12.1 Å². The number of carbonyl (C=O) groups is 1. The first-order valence-corrected chi connectivity index (χ1v) is 12.4. The minimum Gasteiger partial charge on any atom is -0.487 e. The topological polar surface area (TPSA) is 75.7 Å². The van der Waals surface area contributed by atoms with Gasteiger partial charge in [-0.1, -0.05) is 30.3 Å². The zero-order valence-electron chi connectivity index (χ0n) is 19.3. The Kier molecular flexibility index (Phi) is 6.36. The van der Waals surface area contributed by atoms with Gasteiger partial charge in [-0.2, -0.15) is 0 Å². The molecule has 1 N–H and O–H groups in total. The van der Waals surface area contributed by atoms with E-state index in [2.05, 4.69) is 5.32 Å². The Morgan fingerprint density at radius 2 is 1.76 bits per heavy atom. The smallest absolute Gasteiger partial charge is 0.264 e. The van der Waals surface area contributed by atoms with E-state index in [0.717, 1.165) is 27.6 Å². The van der Waals surface area contributed by atoms with Gasteiger partial charge < -0.3 is 10.1 Å². The maximum absolute atomic E-state index is 13.4. The van der Waals surface area contributed by atoms with E-state index < -0.39 is 33.9 Å². The number of sulfonamides is 1. The summed E-state index contributed by atoms with van der Waals surface area (Å²) in [6, 6.07) is 18.4. The summed E-state index contributed by atoms with van der Waals surface area (Å²) in [5.74, 6) is -0.289. The molecule has 1 aliphatic heterocycles. The van der Waals surface area contributed by atoms with Crippen LogP contribution in [0.2, 0.25) is 0 Å². The first kappa shape index (κ1) is 23.8. The van der Waals surface area contributed by atoms with Gasteiger partial charge >= 0.3 is 0 Å². The fraction of sp³-hybridized carbons (Fsp3) is 0.269. The van der Waals surface area contributed by atoms with E-state index >= 15 is 0 Å². The number of nitrogens with one attached hydrogen (secondary N) is 1. The number of rotatable bonds is 6. The lowest BCUT2D eigenvalue weighted by Crippen LogP contribution is -2.45. The molecule has 0 radical (unpaired) electrons. The van der Waals surface area contributed by atoms with Crippen LogP contribution in [0.25, 0.3) is 0 Å². The molecule has 0 saturated carbocycles. The zero-order chi connectivity index (χ0) is 24.5. The van der Waals surface area contributed by atoms with Crippen molar-refractivity contribution in [3.8, 4) is 5.75 Å². The molecule has 0 aliphatic carbocycles. The summed E-state index contributed by atoms with van der Waals surface area (Å²) >= 11 is 0. The van der Waals surface area contributed by atoms with Gasteiger partial charge in [-0.15, -0.1) is 0 Å². The van der Waals surface area contributed by atoms with Gasteiger partial charge in [0.1, 0.15) is 23.7 Å². The van der Waals surface area contributed by atoms with Crippen molar-refractivity contribution in [2.45, 2.75) is 43.7 Å². The molecule has 0 saturated heterocycles. The Bertz CT molecular complexity index is 1290. The first-order chi connectivity index (χ1) is 16.0. The van der Waals surface area contributed by atoms with Gasteiger partial charge in [-0.25, -0.2) is 12.8 Å². The summed E-state index contributed by atoms with van der Waals surface area (Å²) in [6.07, 6.45) is 0.533. The van der Waals surface area contributed by atoms with Crippen LogP contribution in [-0.4, -0.2) is 26.5 Å². The number of hydrogen-bond donors (Lipinski definition) is 1. The number of anilines is 1. The molecule has 1 unspecified atom stereocenters. The van der Waals surface area contributed by atoms with Gasteiger partial charge in [0.25, 0.3) is 10.0 Å². The highest BCUT2D eigenvalue weighted by atomic mass is 32.2. The highest BCUT2D eigenvalue weighted by Gasteiger charge is 2.35. The second kappa shape index (κ2) is 9.10. The Hall–Kier alpha value is -3.39. The highest BCUT2D eigenvalue weighted by Crippen LogP contribution is 2.40. The Morgan fingerprint density at radius 3 is 2.44 bits per heavy atom. The lowest BCUT2D eigenvalue weighted by atomic mass is 9.89. The normalized spacial score (nSPS) is 16.8. The Morgan fingerprint density at radius 1 is 1.09 bits per heavy atom. The number of amides is 1. The van der Waals surface area contributed by atoms with Crippen molar-refractivity contribution in [3.05, 3.63) is 89.7 Å². The van der Waals surface area contributed by atoms with Gasteiger partial charge in [-0.05, 0) is 68.8 Å². The first-order valence-electron chi connectivity index (χ1n) is 11.0. The van der Waals surface area contributed by atoms with E-state index in [0.29, 0.717) is 17.9 Å². The molecule has 0 fully saturated rings. The minimum atomic E-state index is -4.11. The molecule has 34 heavy (non-hydrogen) atoms. The van der Waals surface area contributed by atoms with E-state index in [-0.39, 0.29) is 10.9 Å². The quantitative estimate of drug-likeness (QED) is 0.550. The van der Waals surface area contributed by atoms with Crippen LogP contribution < -0.4 is 14.4 Å². The fourth-order valence-corrected chi connectivity index (χ4v) is 5.52. The molecule has 1 aliphatic rings. The number of fused-ring (bicyclic) bond motifs is 1. The number of benzene rings is 3. The van der Waals surface area contributed by atoms with Crippen LogP contribution in [0.3, 0.4) is 0 Å². The van der Waals surface area contributed by atoms with Gasteiger partial charge in [0.15, 0.2) is 0 Å². The van der Waals surface area contributed by atoms with Gasteiger partial charge in [0, 0.05) is 12.0 Å². The molecule has 6 nitrogen and oxygen atoms in total. The third-order valence-electron chi connectivity index (χ3n) is 5.69. The number of nitrogens with zero attached hydrogens (tertiary/aromatic N) is 1. The number of hydrogen-bond acceptors (Lipinski definition) is 4.